The maximum atomic E-state index is 6.02. The van der Waals surface area contributed by atoms with Crippen LogP contribution < -0.4 is 20.1 Å². The van der Waals surface area contributed by atoms with Crippen molar-refractivity contribution in [2.45, 2.75) is 0 Å². The van der Waals surface area contributed by atoms with Crippen LogP contribution in [0.2, 0.25) is 10.0 Å². The van der Waals surface area contributed by atoms with Crippen molar-refractivity contribution >= 4 is 46.3 Å². The van der Waals surface area contributed by atoms with E-state index in [1.54, 1.807) is 56.8 Å². The van der Waals surface area contributed by atoms with Gasteiger partial charge in [-0.3, -0.25) is 0 Å². The predicted octanol–water partition coefficient (Wildman–Crippen LogP) is 5.29. The van der Waals surface area contributed by atoms with E-state index in [0.29, 0.717) is 39.0 Å². The number of halogens is 2. The molecule has 0 spiro atoms. The second-order valence-electron chi connectivity index (χ2n) is 5.24. The number of aromatic nitrogens is 2. The third-order valence-corrected chi connectivity index (χ3v) is 3.88. The fourth-order valence-corrected chi connectivity index (χ4v) is 2.82. The van der Waals surface area contributed by atoms with Gasteiger partial charge in [0.05, 0.1) is 19.9 Å². The first-order valence-corrected chi connectivity index (χ1v) is 8.38. The zero-order valence-electron chi connectivity index (χ0n) is 14.1. The first-order chi connectivity index (χ1) is 12.6. The van der Waals surface area contributed by atoms with Crippen molar-refractivity contribution in [1.82, 2.24) is 9.97 Å². The van der Waals surface area contributed by atoms with Crippen molar-refractivity contribution in [3.63, 3.8) is 0 Å². The number of rotatable bonds is 6. The molecule has 0 saturated heterocycles. The molecule has 0 aliphatic heterocycles. The fraction of sp³-hybridized carbons (Fsp3) is 0.111. The van der Waals surface area contributed by atoms with Gasteiger partial charge in [-0.2, -0.15) is 4.98 Å². The Bertz CT molecular complexity index is 901. The molecule has 2 aromatic carbocycles. The molecular weight excluding hydrogens is 375 g/mol. The van der Waals surface area contributed by atoms with Gasteiger partial charge in [0.15, 0.2) is 0 Å². The van der Waals surface area contributed by atoms with Crippen LogP contribution in [0.4, 0.5) is 23.1 Å². The molecule has 0 radical (unpaired) electrons. The Balaban J connectivity index is 1.83. The molecule has 3 rings (SSSR count). The summed E-state index contributed by atoms with van der Waals surface area (Å²) in [6.45, 7) is 0. The van der Waals surface area contributed by atoms with Crippen LogP contribution in [0.5, 0.6) is 11.5 Å². The highest BCUT2D eigenvalue weighted by molar-refractivity contribution is 6.35. The number of nitrogens with one attached hydrogen (secondary N) is 2. The summed E-state index contributed by atoms with van der Waals surface area (Å²) in [5.74, 6) is 2.32. The number of hydrogen-bond donors (Lipinski definition) is 2. The molecule has 6 nitrogen and oxygen atoms in total. The summed E-state index contributed by atoms with van der Waals surface area (Å²) >= 11 is 12.0. The van der Waals surface area contributed by atoms with E-state index in [1.807, 2.05) is 6.07 Å². The topological polar surface area (TPSA) is 68.3 Å². The van der Waals surface area contributed by atoms with Gasteiger partial charge >= 0.3 is 0 Å². The van der Waals surface area contributed by atoms with Crippen LogP contribution in [0, 0.1) is 0 Å². The number of ether oxygens (including phenoxy) is 2. The molecule has 26 heavy (non-hydrogen) atoms. The third kappa shape index (κ3) is 4.47. The lowest BCUT2D eigenvalue weighted by Gasteiger charge is -2.12. The zero-order valence-corrected chi connectivity index (χ0v) is 15.6. The van der Waals surface area contributed by atoms with Crippen LogP contribution in [0.15, 0.2) is 48.7 Å². The van der Waals surface area contributed by atoms with E-state index in [1.165, 1.54) is 0 Å². The standard InChI is InChI=1S/C18H16Cl2N4O2/c1-25-14-3-4-16(26-2)15(10-14)23-18-21-6-5-17(24-18)22-13-8-11(19)7-12(20)9-13/h3-10H,1-2H3,(H2,21,22,23,24). The van der Waals surface area contributed by atoms with Gasteiger partial charge in [-0.15, -0.1) is 0 Å². The summed E-state index contributed by atoms with van der Waals surface area (Å²) < 4.78 is 10.6. The van der Waals surface area contributed by atoms with Crippen molar-refractivity contribution in [2.24, 2.45) is 0 Å². The predicted molar refractivity (Wildman–Crippen MR) is 105 cm³/mol. The number of methoxy groups -OCH3 is 2. The van der Waals surface area contributed by atoms with Gasteiger partial charge in [0.2, 0.25) is 5.95 Å². The second-order valence-corrected chi connectivity index (χ2v) is 6.11. The molecule has 0 fully saturated rings. The summed E-state index contributed by atoms with van der Waals surface area (Å²) in [6.07, 6.45) is 1.64. The highest BCUT2D eigenvalue weighted by Gasteiger charge is 2.08. The quantitative estimate of drug-likeness (QED) is 0.595. The number of anilines is 4. The maximum Gasteiger partial charge on any atom is 0.229 e. The van der Waals surface area contributed by atoms with Crippen molar-refractivity contribution in [3.8, 4) is 11.5 Å². The van der Waals surface area contributed by atoms with Gasteiger partial charge < -0.3 is 20.1 Å². The highest BCUT2D eigenvalue weighted by Crippen LogP contribution is 2.31. The fourth-order valence-electron chi connectivity index (χ4n) is 2.29. The Hall–Kier alpha value is -2.70. The van der Waals surface area contributed by atoms with Crippen molar-refractivity contribution < 1.29 is 9.47 Å². The normalized spacial score (nSPS) is 10.3. The number of benzene rings is 2. The van der Waals surface area contributed by atoms with Crippen molar-refractivity contribution in [1.29, 1.82) is 0 Å². The Kier molecular flexibility index (Phi) is 5.65. The minimum Gasteiger partial charge on any atom is -0.497 e. The van der Waals surface area contributed by atoms with Crippen LogP contribution in [0.1, 0.15) is 0 Å². The summed E-state index contributed by atoms with van der Waals surface area (Å²) in [7, 11) is 3.19. The molecule has 0 atom stereocenters. The van der Waals surface area contributed by atoms with Crippen LogP contribution >= 0.6 is 23.2 Å². The van der Waals surface area contributed by atoms with E-state index in [-0.39, 0.29) is 0 Å². The largest absolute Gasteiger partial charge is 0.497 e. The molecule has 8 heteroatoms. The summed E-state index contributed by atoms with van der Waals surface area (Å²) in [6, 6.07) is 12.3. The first kappa shape index (κ1) is 18.1. The van der Waals surface area contributed by atoms with Crippen LogP contribution in [-0.2, 0) is 0 Å². The summed E-state index contributed by atoms with van der Waals surface area (Å²) in [4.78, 5) is 8.67. The average Bonchev–Trinajstić information content (AvgIpc) is 2.61. The molecule has 0 unspecified atom stereocenters. The van der Waals surface area contributed by atoms with Crippen LogP contribution in [-0.4, -0.2) is 24.2 Å². The molecule has 0 aliphatic carbocycles. The first-order valence-electron chi connectivity index (χ1n) is 7.62. The molecule has 3 aromatic rings. The lowest BCUT2D eigenvalue weighted by Crippen LogP contribution is -2.02. The van der Waals surface area contributed by atoms with E-state index < -0.39 is 0 Å². The summed E-state index contributed by atoms with van der Waals surface area (Å²) in [5, 5.41) is 7.35. The molecular formula is C18H16Cl2N4O2. The van der Waals surface area contributed by atoms with Crippen LogP contribution in [0.25, 0.3) is 0 Å². The zero-order chi connectivity index (χ0) is 18.5. The highest BCUT2D eigenvalue weighted by atomic mass is 35.5. The van der Waals surface area contributed by atoms with Gasteiger partial charge in [-0.25, -0.2) is 4.98 Å². The minimum atomic E-state index is 0.398. The van der Waals surface area contributed by atoms with Gasteiger partial charge in [0.1, 0.15) is 17.3 Å². The monoisotopic (exact) mass is 390 g/mol. The van der Waals surface area contributed by atoms with E-state index in [9.17, 15) is 0 Å². The Morgan fingerprint density at radius 3 is 2.35 bits per heavy atom. The lowest BCUT2D eigenvalue weighted by molar-refractivity contribution is 0.405. The second kappa shape index (κ2) is 8.12. The smallest absolute Gasteiger partial charge is 0.229 e. The van der Waals surface area contributed by atoms with E-state index >= 15 is 0 Å². The molecule has 1 aromatic heterocycles. The molecule has 0 bridgehead atoms. The SMILES string of the molecule is COc1ccc(OC)c(Nc2nccc(Nc3cc(Cl)cc(Cl)c3)n2)c1. The summed E-state index contributed by atoms with van der Waals surface area (Å²) in [5.41, 5.74) is 1.42. The molecule has 134 valence electrons. The van der Waals surface area contributed by atoms with Crippen LogP contribution in [0.3, 0.4) is 0 Å². The molecule has 0 aliphatic rings. The molecule has 0 saturated carbocycles. The van der Waals surface area contributed by atoms with E-state index in [4.69, 9.17) is 32.7 Å². The Morgan fingerprint density at radius 2 is 1.65 bits per heavy atom. The van der Waals surface area contributed by atoms with Gasteiger partial charge in [0.25, 0.3) is 0 Å². The lowest BCUT2D eigenvalue weighted by atomic mass is 10.2. The van der Waals surface area contributed by atoms with Gasteiger partial charge in [-0.05, 0) is 36.4 Å². The van der Waals surface area contributed by atoms with Crippen molar-refractivity contribution in [2.75, 3.05) is 24.9 Å². The van der Waals surface area contributed by atoms with Gasteiger partial charge in [-0.1, -0.05) is 23.2 Å². The molecule has 0 amide bonds. The molecule has 1 heterocycles. The maximum absolute atomic E-state index is 6.02. The Labute approximate surface area is 161 Å². The van der Waals surface area contributed by atoms with E-state index in [2.05, 4.69) is 20.6 Å². The minimum absolute atomic E-state index is 0.398. The van der Waals surface area contributed by atoms with Crippen molar-refractivity contribution in [3.05, 3.63) is 58.7 Å². The Morgan fingerprint density at radius 1 is 0.885 bits per heavy atom. The molecule has 2 N–H and O–H groups in total. The number of nitrogens with zero attached hydrogens (tertiary/aromatic N) is 2. The van der Waals surface area contributed by atoms with E-state index in [0.717, 1.165) is 5.69 Å². The average molecular weight is 391 g/mol. The third-order valence-electron chi connectivity index (χ3n) is 3.44. The number of hydrogen-bond acceptors (Lipinski definition) is 6. The van der Waals surface area contributed by atoms with Gasteiger partial charge in [0, 0.05) is 28.0 Å².